The zero-order valence-electron chi connectivity index (χ0n) is 18.4. The van der Waals surface area contributed by atoms with E-state index >= 15 is 0 Å². The van der Waals surface area contributed by atoms with Gasteiger partial charge < -0.3 is 15.2 Å². The summed E-state index contributed by atoms with van der Waals surface area (Å²) in [5, 5.41) is 4.41. The highest BCUT2D eigenvalue weighted by atomic mass is 16.1. The number of benzene rings is 3. The van der Waals surface area contributed by atoms with Crippen LogP contribution in [0.3, 0.4) is 0 Å². The minimum absolute atomic E-state index is 0.0156. The van der Waals surface area contributed by atoms with Gasteiger partial charge in [-0.2, -0.15) is 0 Å². The molecule has 32 heavy (non-hydrogen) atoms. The van der Waals surface area contributed by atoms with E-state index in [0.717, 1.165) is 35.4 Å². The summed E-state index contributed by atoms with van der Waals surface area (Å²) < 4.78 is 0. The fraction of sp³-hybridized carbons (Fsp3) is 0.250. The zero-order chi connectivity index (χ0) is 21.9. The van der Waals surface area contributed by atoms with Crippen LogP contribution in [-0.2, 0) is 4.79 Å². The topological polar surface area (TPSA) is 48.1 Å². The Hall–Kier alpha value is -3.37. The lowest BCUT2D eigenvalue weighted by Crippen LogP contribution is -2.29. The normalized spacial score (nSPS) is 15.3. The molecule has 1 aliphatic heterocycles. The second kappa shape index (κ2) is 9.01. The molecular weight excluding hydrogens is 394 g/mol. The van der Waals surface area contributed by atoms with Crippen molar-refractivity contribution in [1.82, 2.24) is 9.88 Å². The maximum Gasteiger partial charge on any atom is 0.236 e. The van der Waals surface area contributed by atoms with Crippen molar-refractivity contribution in [2.45, 2.75) is 24.7 Å². The van der Waals surface area contributed by atoms with Gasteiger partial charge in [-0.1, -0.05) is 60.7 Å². The minimum atomic E-state index is -0.354. The average Bonchev–Trinajstić information content (AvgIpc) is 3.24. The summed E-state index contributed by atoms with van der Waals surface area (Å²) in [4.78, 5) is 19.3. The predicted molar refractivity (Wildman–Crippen MR) is 131 cm³/mol. The van der Waals surface area contributed by atoms with Gasteiger partial charge in [0.15, 0.2) is 0 Å². The maximum absolute atomic E-state index is 13.5. The van der Waals surface area contributed by atoms with E-state index in [4.69, 9.17) is 0 Å². The summed E-state index contributed by atoms with van der Waals surface area (Å²) in [5.41, 5.74) is 5.32. The van der Waals surface area contributed by atoms with E-state index in [1.807, 2.05) is 66.7 Å². The van der Waals surface area contributed by atoms with Gasteiger partial charge in [-0.3, -0.25) is 4.79 Å². The van der Waals surface area contributed by atoms with Gasteiger partial charge in [0.2, 0.25) is 5.91 Å². The molecule has 4 aromatic rings. The number of anilines is 1. The van der Waals surface area contributed by atoms with E-state index in [-0.39, 0.29) is 11.8 Å². The van der Waals surface area contributed by atoms with E-state index in [0.29, 0.717) is 5.92 Å². The van der Waals surface area contributed by atoms with Crippen LogP contribution < -0.4 is 5.32 Å². The molecule has 3 aromatic carbocycles. The summed E-state index contributed by atoms with van der Waals surface area (Å²) in [5.74, 6) is 0.193. The molecule has 4 heteroatoms. The summed E-state index contributed by atoms with van der Waals surface area (Å²) in [6.45, 7) is 2.26. The molecule has 0 atom stereocenters. The van der Waals surface area contributed by atoms with Crippen LogP contribution >= 0.6 is 0 Å². The van der Waals surface area contributed by atoms with Gasteiger partial charge in [0.25, 0.3) is 0 Å². The standard InChI is InChI=1S/C28H29N3O/c1-31-16-14-20(15-17-31)25-19-29-26-13-12-23(18-24(25)26)30-28(32)27(21-8-4-2-5-9-21)22-10-6-3-7-11-22/h2-13,18-20,27,29H,14-17H2,1H3,(H,30,32). The largest absolute Gasteiger partial charge is 0.361 e. The van der Waals surface area contributed by atoms with E-state index in [1.165, 1.54) is 23.8 Å². The summed E-state index contributed by atoms with van der Waals surface area (Å²) >= 11 is 0. The number of carbonyl (C=O) groups excluding carboxylic acids is 1. The quantitative estimate of drug-likeness (QED) is 0.429. The first-order chi connectivity index (χ1) is 15.7. The third kappa shape index (κ3) is 4.19. The van der Waals surface area contributed by atoms with Crippen LogP contribution in [-0.4, -0.2) is 35.9 Å². The number of piperidine rings is 1. The van der Waals surface area contributed by atoms with Crippen molar-refractivity contribution in [2.75, 3.05) is 25.5 Å². The Morgan fingerprint density at radius 1 is 0.938 bits per heavy atom. The Kier molecular flexibility index (Phi) is 5.78. The first kappa shape index (κ1) is 20.5. The van der Waals surface area contributed by atoms with Crippen LogP contribution in [0.1, 0.15) is 41.4 Å². The maximum atomic E-state index is 13.5. The lowest BCUT2D eigenvalue weighted by molar-refractivity contribution is -0.116. The molecule has 1 aromatic heterocycles. The molecule has 1 fully saturated rings. The van der Waals surface area contributed by atoms with E-state index < -0.39 is 0 Å². The number of carbonyl (C=O) groups is 1. The van der Waals surface area contributed by atoms with Crippen LogP contribution in [0, 0.1) is 0 Å². The van der Waals surface area contributed by atoms with Gasteiger partial charge >= 0.3 is 0 Å². The molecule has 0 radical (unpaired) electrons. The van der Waals surface area contributed by atoms with Crippen molar-refractivity contribution < 1.29 is 4.79 Å². The number of H-pyrrole nitrogens is 1. The number of nitrogens with zero attached hydrogens (tertiary/aromatic N) is 1. The third-order valence-electron chi connectivity index (χ3n) is 6.67. The van der Waals surface area contributed by atoms with Gasteiger partial charge in [-0.05, 0) is 73.8 Å². The number of rotatable bonds is 5. The van der Waals surface area contributed by atoms with Crippen molar-refractivity contribution in [1.29, 1.82) is 0 Å². The Labute approximate surface area is 189 Å². The fourth-order valence-electron chi connectivity index (χ4n) is 4.88. The van der Waals surface area contributed by atoms with Gasteiger partial charge in [0, 0.05) is 22.8 Å². The highest BCUT2D eigenvalue weighted by molar-refractivity contribution is 6.00. The van der Waals surface area contributed by atoms with E-state index in [9.17, 15) is 4.79 Å². The number of hydrogen-bond acceptors (Lipinski definition) is 2. The third-order valence-corrected chi connectivity index (χ3v) is 6.67. The number of nitrogens with one attached hydrogen (secondary N) is 2. The van der Waals surface area contributed by atoms with E-state index in [2.05, 4.69) is 40.6 Å². The molecule has 1 saturated heterocycles. The molecular formula is C28H29N3O. The van der Waals surface area contributed by atoms with Crippen molar-refractivity contribution in [3.8, 4) is 0 Å². The molecule has 162 valence electrons. The first-order valence-corrected chi connectivity index (χ1v) is 11.4. The Morgan fingerprint density at radius 3 is 2.19 bits per heavy atom. The monoisotopic (exact) mass is 423 g/mol. The minimum Gasteiger partial charge on any atom is -0.361 e. The van der Waals surface area contributed by atoms with Gasteiger partial charge in [-0.15, -0.1) is 0 Å². The van der Waals surface area contributed by atoms with Gasteiger partial charge in [0.05, 0.1) is 5.92 Å². The van der Waals surface area contributed by atoms with Crippen LogP contribution in [0.5, 0.6) is 0 Å². The van der Waals surface area contributed by atoms with Crippen LogP contribution in [0.2, 0.25) is 0 Å². The molecule has 0 bridgehead atoms. The molecule has 1 aliphatic rings. The molecule has 0 aliphatic carbocycles. The number of fused-ring (bicyclic) bond motifs is 1. The molecule has 2 heterocycles. The molecule has 5 rings (SSSR count). The van der Waals surface area contributed by atoms with Crippen LogP contribution in [0.4, 0.5) is 5.69 Å². The Morgan fingerprint density at radius 2 is 1.56 bits per heavy atom. The van der Waals surface area contributed by atoms with Crippen molar-refractivity contribution >= 4 is 22.5 Å². The summed E-state index contributed by atoms with van der Waals surface area (Å²) in [7, 11) is 2.19. The lowest BCUT2D eigenvalue weighted by Gasteiger charge is -2.28. The van der Waals surface area contributed by atoms with Crippen molar-refractivity contribution in [2.24, 2.45) is 0 Å². The molecule has 4 nitrogen and oxygen atoms in total. The number of aromatic amines is 1. The average molecular weight is 424 g/mol. The highest BCUT2D eigenvalue weighted by Crippen LogP contribution is 2.34. The van der Waals surface area contributed by atoms with Gasteiger partial charge in [-0.25, -0.2) is 0 Å². The van der Waals surface area contributed by atoms with Crippen molar-refractivity contribution in [3.05, 3.63) is 102 Å². The zero-order valence-corrected chi connectivity index (χ0v) is 18.4. The molecule has 0 spiro atoms. The second-order valence-corrected chi connectivity index (χ2v) is 8.83. The van der Waals surface area contributed by atoms with Crippen molar-refractivity contribution in [3.63, 3.8) is 0 Å². The SMILES string of the molecule is CN1CCC(c2c[nH]c3ccc(NC(=O)C(c4ccccc4)c4ccccc4)cc23)CC1. The number of amides is 1. The predicted octanol–water partition coefficient (Wildman–Crippen LogP) is 5.75. The van der Waals surface area contributed by atoms with Crippen LogP contribution in [0.25, 0.3) is 10.9 Å². The Balaban J connectivity index is 1.44. The smallest absolute Gasteiger partial charge is 0.236 e. The lowest BCUT2D eigenvalue weighted by atomic mass is 9.89. The number of hydrogen-bond donors (Lipinski definition) is 2. The van der Waals surface area contributed by atoms with Gasteiger partial charge in [0.1, 0.15) is 0 Å². The summed E-state index contributed by atoms with van der Waals surface area (Å²) in [6.07, 6.45) is 4.50. The molecule has 2 N–H and O–H groups in total. The van der Waals surface area contributed by atoms with Crippen LogP contribution in [0.15, 0.2) is 85.1 Å². The highest BCUT2D eigenvalue weighted by Gasteiger charge is 2.24. The molecule has 0 saturated carbocycles. The molecule has 0 unspecified atom stereocenters. The molecule has 1 amide bonds. The number of likely N-dealkylation sites (tertiary alicyclic amines) is 1. The van der Waals surface area contributed by atoms with E-state index in [1.54, 1.807) is 0 Å². The summed E-state index contributed by atoms with van der Waals surface area (Å²) in [6, 6.07) is 26.2. The second-order valence-electron chi connectivity index (χ2n) is 8.83. The first-order valence-electron chi connectivity index (χ1n) is 11.4. The fourth-order valence-corrected chi connectivity index (χ4v) is 4.88. The number of aromatic nitrogens is 1. The Bertz CT molecular complexity index is 1150.